The lowest BCUT2D eigenvalue weighted by molar-refractivity contribution is -0.134. The molecule has 1 aromatic carbocycles. The number of carbonyl (C=O) groups is 2. The lowest BCUT2D eigenvalue weighted by Crippen LogP contribution is -2.49. The van der Waals surface area contributed by atoms with Crippen molar-refractivity contribution in [3.05, 3.63) is 59.9 Å². The van der Waals surface area contributed by atoms with Crippen LogP contribution in [0.4, 0.5) is 4.79 Å². The summed E-state index contributed by atoms with van der Waals surface area (Å²) < 4.78 is 2.20. The fraction of sp³-hybridized carbons (Fsp3) is 0.400. The third kappa shape index (κ3) is 3.45. The molecule has 0 saturated carbocycles. The zero-order chi connectivity index (χ0) is 18.7. The molecular weight excluding hydrogens is 328 g/mol. The molecule has 1 aliphatic heterocycles. The number of likely N-dealkylation sites (N-methyl/N-ethyl adjacent to an activating group) is 1. The van der Waals surface area contributed by atoms with Gasteiger partial charge in [-0.3, -0.25) is 4.79 Å². The Bertz CT molecular complexity index is 769. The number of nitrogens with zero attached hydrogens (tertiary/aromatic N) is 4. The number of rotatable bonds is 4. The molecule has 0 fully saturated rings. The van der Waals surface area contributed by atoms with E-state index >= 15 is 0 Å². The molecule has 1 aromatic heterocycles. The number of urea groups is 1. The summed E-state index contributed by atoms with van der Waals surface area (Å²) in [5, 5.41) is 0. The fourth-order valence-electron chi connectivity index (χ4n) is 3.49. The van der Waals surface area contributed by atoms with E-state index < -0.39 is 0 Å². The minimum absolute atomic E-state index is 0.0247. The topological polar surface area (TPSA) is 48.8 Å². The van der Waals surface area contributed by atoms with Gasteiger partial charge >= 0.3 is 6.03 Å². The van der Waals surface area contributed by atoms with Gasteiger partial charge in [0.15, 0.2) is 0 Å². The van der Waals surface area contributed by atoms with Crippen molar-refractivity contribution in [2.24, 2.45) is 0 Å². The third-order valence-corrected chi connectivity index (χ3v) is 4.83. The highest BCUT2D eigenvalue weighted by molar-refractivity contribution is 5.84. The number of hydrogen-bond donors (Lipinski definition) is 0. The summed E-state index contributed by atoms with van der Waals surface area (Å²) in [7, 11) is 3.41. The van der Waals surface area contributed by atoms with Crippen LogP contribution in [0, 0.1) is 0 Å². The number of carbonyl (C=O) groups excluding carboxylic acids is 2. The maximum absolute atomic E-state index is 13.1. The van der Waals surface area contributed by atoms with Gasteiger partial charge in [0.05, 0.1) is 6.04 Å². The molecule has 138 valence electrons. The zero-order valence-corrected chi connectivity index (χ0v) is 15.6. The second-order valence-corrected chi connectivity index (χ2v) is 6.72. The first-order chi connectivity index (χ1) is 12.5. The number of hydrogen-bond acceptors (Lipinski definition) is 2. The molecule has 3 amide bonds. The Labute approximate surface area is 154 Å². The van der Waals surface area contributed by atoms with Crippen molar-refractivity contribution in [2.75, 3.05) is 33.7 Å². The van der Waals surface area contributed by atoms with Crippen molar-refractivity contribution in [3.63, 3.8) is 0 Å². The van der Waals surface area contributed by atoms with E-state index in [1.54, 1.807) is 19.0 Å². The van der Waals surface area contributed by atoms with E-state index in [1.807, 2.05) is 36.1 Å². The first kappa shape index (κ1) is 18.0. The number of amides is 3. The van der Waals surface area contributed by atoms with E-state index in [0.29, 0.717) is 13.1 Å². The Morgan fingerprint density at radius 3 is 2.46 bits per heavy atom. The Balaban J connectivity index is 1.88. The molecule has 2 aromatic rings. The molecule has 0 N–H and O–H groups in total. The van der Waals surface area contributed by atoms with Crippen LogP contribution in [0.25, 0.3) is 0 Å². The van der Waals surface area contributed by atoms with E-state index in [-0.39, 0.29) is 24.5 Å². The van der Waals surface area contributed by atoms with Crippen LogP contribution in [0.3, 0.4) is 0 Å². The highest BCUT2D eigenvalue weighted by Crippen LogP contribution is 2.32. The highest BCUT2D eigenvalue weighted by Gasteiger charge is 2.33. The van der Waals surface area contributed by atoms with Gasteiger partial charge in [-0.2, -0.15) is 0 Å². The van der Waals surface area contributed by atoms with Crippen molar-refractivity contribution in [1.29, 1.82) is 0 Å². The summed E-state index contributed by atoms with van der Waals surface area (Å²) in [6, 6.07) is 13.9. The van der Waals surface area contributed by atoms with E-state index in [9.17, 15) is 9.59 Å². The Morgan fingerprint density at radius 1 is 1.08 bits per heavy atom. The minimum atomic E-state index is -0.141. The van der Waals surface area contributed by atoms with E-state index in [4.69, 9.17) is 0 Å². The second-order valence-electron chi connectivity index (χ2n) is 6.72. The molecule has 1 aliphatic rings. The molecule has 0 radical (unpaired) electrons. The zero-order valence-electron chi connectivity index (χ0n) is 15.6. The summed E-state index contributed by atoms with van der Waals surface area (Å²) in [6.45, 7) is 3.89. The second kappa shape index (κ2) is 7.64. The van der Waals surface area contributed by atoms with Gasteiger partial charge in [0.2, 0.25) is 5.91 Å². The number of aromatic nitrogens is 1. The van der Waals surface area contributed by atoms with Gasteiger partial charge in [0, 0.05) is 45.6 Å². The van der Waals surface area contributed by atoms with E-state index in [1.165, 1.54) is 4.90 Å². The molecule has 6 nitrogen and oxygen atoms in total. The normalized spacial score (nSPS) is 16.1. The summed E-state index contributed by atoms with van der Waals surface area (Å²) in [5.74, 6) is -0.0247. The van der Waals surface area contributed by atoms with Crippen LogP contribution < -0.4 is 0 Å². The first-order valence-electron chi connectivity index (χ1n) is 8.98. The molecule has 1 atom stereocenters. The van der Waals surface area contributed by atoms with E-state index in [2.05, 4.69) is 29.0 Å². The van der Waals surface area contributed by atoms with Gasteiger partial charge in [-0.05, 0) is 24.6 Å². The molecule has 0 spiro atoms. The van der Waals surface area contributed by atoms with Crippen molar-refractivity contribution < 1.29 is 9.59 Å². The lowest BCUT2D eigenvalue weighted by atomic mass is 10.00. The Hall–Kier alpha value is -2.76. The molecule has 3 rings (SSSR count). The average molecular weight is 354 g/mol. The maximum atomic E-state index is 13.1. The van der Waals surface area contributed by atoms with Crippen LogP contribution in [0.5, 0.6) is 0 Å². The van der Waals surface area contributed by atoms with Crippen molar-refractivity contribution in [3.8, 4) is 0 Å². The standard InChI is InChI=1S/C20H26N4O2/c1-4-22(20(26)21(2)3)15-18(25)24-14-13-23-12-8-11-17(23)19(24)16-9-6-5-7-10-16/h5-12,19H,4,13-15H2,1-3H3. The number of benzene rings is 1. The van der Waals surface area contributed by atoms with Crippen molar-refractivity contribution in [2.45, 2.75) is 19.5 Å². The summed E-state index contributed by atoms with van der Waals surface area (Å²) in [4.78, 5) is 30.4. The number of fused-ring (bicyclic) bond motifs is 1. The van der Waals surface area contributed by atoms with Gasteiger partial charge in [-0.25, -0.2) is 4.79 Å². The van der Waals surface area contributed by atoms with Gasteiger partial charge in [-0.1, -0.05) is 30.3 Å². The summed E-state index contributed by atoms with van der Waals surface area (Å²) in [6.07, 6.45) is 2.06. The summed E-state index contributed by atoms with van der Waals surface area (Å²) in [5.41, 5.74) is 2.19. The van der Waals surface area contributed by atoms with Gasteiger partial charge in [-0.15, -0.1) is 0 Å². The van der Waals surface area contributed by atoms with Crippen LogP contribution in [0.2, 0.25) is 0 Å². The predicted octanol–water partition coefficient (Wildman–Crippen LogP) is 2.42. The lowest BCUT2D eigenvalue weighted by Gasteiger charge is -2.38. The Morgan fingerprint density at radius 2 is 1.81 bits per heavy atom. The third-order valence-electron chi connectivity index (χ3n) is 4.83. The molecule has 0 aliphatic carbocycles. The molecule has 0 bridgehead atoms. The van der Waals surface area contributed by atoms with Crippen LogP contribution in [0.15, 0.2) is 48.7 Å². The van der Waals surface area contributed by atoms with Crippen LogP contribution in [-0.4, -0.2) is 64.9 Å². The first-order valence-corrected chi connectivity index (χ1v) is 8.98. The molecule has 1 unspecified atom stereocenters. The molecule has 26 heavy (non-hydrogen) atoms. The van der Waals surface area contributed by atoms with Gasteiger partial charge in [0.25, 0.3) is 0 Å². The SMILES string of the molecule is CCN(CC(=O)N1CCn2cccc2C1c1ccccc1)C(=O)N(C)C. The van der Waals surface area contributed by atoms with Gasteiger partial charge in [0.1, 0.15) is 6.54 Å². The average Bonchev–Trinajstić information content (AvgIpc) is 3.13. The largest absolute Gasteiger partial charge is 0.348 e. The van der Waals surface area contributed by atoms with Crippen molar-refractivity contribution in [1.82, 2.24) is 19.3 Å². The molecule has 2 heterocycles. The predicted molar refractivity (Wildman–Crippen MR) is 101 cm³/mol. The molecular formula is C20H26N4O2. The molecule has 6 heteroatoms. The summed E-state index contributed by atoms with van der Waals surface area (Å²) >= 11 is 0. The monoisotopic (exact) mass is 354 g/mol. The molecule has 0 saturated heterocycles. The highest BCUT2D eigenvalue weighted by atomic mass is 16.2. The Kier molecular flexibility index (Phi) is 5.30. The quantitative estimate of drug-likeness (QED) is 0.847. The minimum Gasteiger partial charge on any atom is -0.348 e. The fourth-order valence-corrected chi connectivity index (χ4v) is 3.49. The maximum Gasteiger partial charge on any atom is 0.319 e. The van der Waals surface area contributed by atoms with E-state index in [0.717, 1.165) is 17.8 Å². The van der Waals surface area contributed by atoms with Crippen molar-refractivity contribution >= 4 is 11.9 Å². The van der Waals surface area contributed by atoms with Crippen LogP contribution in [0.1, 0.15) is 24.2 Å². The van der Waals surface area contributed by atoms with Crippen LogP contribution in [-0.2, 0) is 11.3 Å². The smallest absolute Gasteiger partial charge is 0.319 e. The van der Waals surface area contributed by atoms with Gasteiger partial charge < -0.3 is 19.3 Å². The van der Waals surface area contributed by atoms with Crippen LogP contribution >= 0.6 is 0 Å².